The molecule has 0 aliphatic carbocycles. The third-order valence-electron chi connectivity index (χ3n) is 2.99. The molecule has 0 spiro atoms. The van der Waals surface area contributed by atoms with E-state index in [9.17, 15) is 23.1 Å². The van der Waals surface area contributed by atoms with Crippen molar-refractivity contribution in [3.63, 3.8) is 0 Å². The molecule has 4 nitrogen and oxygen atoms in total. The fourth-order valence-corrected chi connectivity index (χ4v) is 1.85. The van der Waals surface area contributed by atoms with Crippen molar-refractivity contribution in [2.75, 3.05) is 0 Å². The van der Waals surface area contributed by atoms with Gasteiger partial charge >= 0.3 is 6.18 Å². The Balaban J connectivity index is 2.37. The van der Waals surface area contributed by atoms with E-state index in [-0.39, 0.29) is 5.69 Å². The van der Waals surface area contributed by atoms with Gasteiger partial charge in [0.2, 0.25) is 0 Å². The van der Waals surface area contributed by atoms with E-state index in [0.717, 1.165) is 18.3 Å². The van der Waals surface area contributed by atoms with Gasteiger partial charge in [-0.1, -0.05) is 30.3 Å². The number of aromatic nitrogens is 2. The second-order valence-corrected chi connectivity index (χ2v) is 4.41. The van der Waals surface area contributed by atoms with Crippen molar-refractivity contribution in [3.8, 4) is 0 Å². The summed E-state index contributed by atoms with van der Waals surface area (Å²) in [6.45, 7) is 0. The van der Waals surface area contributed by atoms with Crippen molar-refractivity contribution in [1.82, 2.24) is 9.97 Å². The van der Waals surface area contributed by atoms with Crippen LogP contribution in [0.3, 0.4) is 0 Å². The Kier molecular flexibility index (Phi) is 4.04. The molecule has 1 aromatic heterocycles. The Morgan fingerprint density at radius 1 is 1.14 bits per heavy atom. The SMILES string of the molecule is O=C(C[C@](O)(c1ccccc1)C(F)(F)F)c1cnccn1. The predicted molar refractivity (Wildman–Crippen MR) is 67.4 cm³/mol. The number of ketones is 1. The van der Waals surface area contributed by atoms with Crippen molar-refractivity contribution in [3.05, 3.63) is 60.2 Å². The number of nitrogens with zero attached hydrogens (tertiary/aromatic N) is 2. The number of carbonyl (C=O) groups is 1. The second kappa shape index (κ2) is 5.61. The minimum absolute atomic E-state index is 0.226. The Morgan fingerprint density at radius 3 is 2.33 bits per heavy atom. The van der Waals surface area contributed by atoms with Crippen molar-refractivity contribution in [2.24, 2.45) is 0 Å². The van der Waals surface area contributed by atoms with Crippen molar-refractivity contribution in [1.29, 1.82) is 0 Å². The molecule has 1 N–H and O–H groups in total. The summed E-state index contributed by atoms with van der Waals surface area (Å²) in [6, 6.07) is 6.48. The maximum atomic E-state index is 13.2. The Bertz CT molecular complexity index is 617. The fourth-order valence-electron chi connectivity index (χ4n) is 1.85. The van der Waals surface area contributed by atoms with Crippen LogP contribution in [0, 0.1) is 0 Å². The van der Waals surface area contributed by atoms with Crippen LogP contribution in [0.15, 0.2) is 48.9 Å². The fraction of sp³-hybridized carbons (Fsp3) is 0.214. The Labute approximate surface area is 118 Å². The van der Waals surface area contributed by atoms with Gasteiger partial charge in [0, 0.05) is 12.4 Å². The average Bonchev–Trinajstić information content (AvgIpc) is 2.47. The summed E-state index contributed by atoms with van der Waals surface area (Å²) in [6.07, 6.45) is -2.60. The van der Waals surface area contributed by atoms with Gasteiger partial charge in [0.05, 0.1) is 12.6 Å². The molecule has 0 saturated heterocycles. The lowest BCUT2D eigenvalue weighted by Gasteiger charge is -2.30. The minimum atomic E-state index is -4.99. The lowest BCUT2D eigenvalue weighted by atomic mass is 9.87. The summed E-state index contributed by atoms with van der Waals surface area (Å²) in [7, 11) is 0. The van der Waals surface area contributed by atoms with Gasteiger partial charge in [0.25, 0.3) is 0 Å². The quantitative estimate of drug-likeness (QED) is 0.881. The van der Waals surface area contributed by atoms with Crippen LogP contribution in [0.5, 0.6) is 0 Å². The molecular weight excluding hydrogens is 285 g/mol. The number of hydrogen-bond acceptors (Lipinski definition) is 4. The molecule has 0 fully saturated rings. The zero-order valence-corrected chi connectivity index (χ0v) is 10.7. The van der Waals surface area contributed by atoms with Crippen LogP contribution in [0.4, 0.5) is 13.2 Å². The molecule has 2 rings (SSSR count). The number of rotatable bonds is 4. The van der Waals surface area contributed by atoms with E-state index in [1.54, 1.807) is 0 Å². The van der Waals surface area contributed by atoms with Crippen LogP contribution in [0.25, 0.3) is 0 Å². The van der Waals surface area contributed by atoms with Gasteiger partial charge in [-0.05, 0) is 5.56 Å². The van der Waals surface area contributed by atoms with Gasteiger partial charge in [-0.2, -0.15) is 13.2 Å². The van der Waals surface area contributed by atoms with Gasteiger partial charge in [-0.3, -0.25) is 9.78 Å². The number of halogens is 3. The van der Waals surface area contributed by atoms with Crippen LogP contribution in [0.2, 0.25) is 0 Å². The van der Waals surface area contributed by atoms with Crippen LogP contribution >= 0.6 is 0 Å². The second-order valence-electron chi connectivity index (χ2n) is 4.41. The molecular formula is C14H11F3N2O2. The molecule has 1 atom stereocenters. The van der Waals surface area contributed by atoms with E-state index in [2.05, 4.69) is 9.97 Å². The van der Waals surface area contributed by atoms with E-state index in [0.29, 0.717) is 0 Å². The summed E-state index contributed by atoms with van der Waals surface area (Å²) in [5.74, 6) is -0.938. The van der Waals surface area contributed by atoms with E-state index in [4.69, 9.17) is 0 Å². The van der Waals surface area contributed by atoms with Crippen LogP contribution in [-0.4, -0.2) is 27.0 Å². The lowest BCUT2D eigenvalue weighted by molar-refractivity contribution is -0.264. The predicted octanol–water partition coefficient (Wildman–Crippen LogP) is 2.50. The molecule has 0 unspecified atom stereocenters. The summed E-state index contributed by atoms with van der Waals surface area (Å²) in [5.41, 5.74) is -3.88. The summed E-state index contributed by atoms with van der Waals surface area (Å²) in [4.78, 5) is 19.2. The topological polar surface area (TPSA) is 63.1 Å². The molecule has 0 radical (unpaired) electrons. The standard InChI is InChI=1S/C14H11F3N2O2/c15-14(16,17)13(21,10-4-2-1-3-5-10)8-12(20)11-9-18-6-7-19-11/h1-7,9,21H,8H2/t13-/m0/s1. The number of alkyl halides is 3. The first kappa shape index (κ1) is 15.1. The van der Waals surface area contributed by atoms with Crippen LogP contribution in [0.1, 0.15) is 22.5 Å². The third-order valence-corrected chi connectivity index (χ3v) is 2.99. The summed E-state index contributed by atoms with van der Waals surface area (Å²) < 4.78 is 39.7. The highest BCUT2D eigenvalue weighted by molar-refractivity contribution is 5.94. The maximum Gasteiger partial charge on any atom is 0.421 e. The van der Waals surface area contributed by atoms with E-state index >= 15 is 0 Å². The first-order valence-electron chi connectivity index (χ1n) is 5.98. The summed E-state index contributed by atoms with van der Waals surface area (Å²) in [5, 5.41) is 10.1. The molecule has 0 aliphatic heterocycles. The van der Waals surface area contributed by atoms with Gasteiger partial charge in [0.1, 0.15) is 5.69 Å². The highest BCUT2D eigenvalue weighted by Crippen LogP contribution is 2.42. The lowest BCUT2D eigenvalue weighted by Crippen LogP contribution is -2.44. The van der Waals surface area contributed by atoms with E-state index in [1.807, 2.05) is 0 Å². The van der Waals surface area contributed by atoms with Crippen molar-refractivity contribution >= 4 is 5.78 Å². The first-order valence-corrected chi connectivity index (χ1v) is 5.98. The average molecular weight is 296 g/mol. The zero-order chi connectivity index (χ0) is 15.5. The molecule has 110 valence electrons. The maximum absolute atomic E-state index is 13.2. The molecule has 0 aliphatic rings. The third kappa shape index (κ3) is 3.08. The molecule has 1 aromatic carbocycles. The van der Waals surface area contributed by atoms with Gasteiger partial charge in [-0.25, -0.2) is 4.98 Å². The van der Waals surface area contributed by atoms with Crippen molar-refractivity contribution in [2.45, 2.75) is 18.2 Å². The number of benzene rings is 1. The molecule has 0 bridgehead atoms. The number of hydrogen-bond donors (Lipinski definition) is 1. The molecule has 0 saturated carbocycles. The normalized spacial score (nSPS) is 14.5. The zero-order valence-electron chi connectivity index (χ0n) is 10.7. The molecule has 7 heteroatoms. The van der Waals surface area contributed by atoms with Gasteiger partial charge in [0.15, 0.2) is 11.4 Å². The Morgan fingerprint density at radius 2 is 1.81 bits per heavy atom. The van der Waals surface area contributed by atoms with Crippen LogP contribution < -0.4 is 0 Å². The number of Topliss-reactive ketones (excluding diaryl/α,β-unsaturated/α-hetero) is 1. The van der Waals surface area contributed by atoms with E-state index in [1.165, 1.54) is 30.6 Å². The molecule has 2 aromatic rings. The molecule has 21 heavy (non-hydrogen) atoms. The number of aliphatic hydroxyl groups is 1. The summed E-state index contributed by atoms with van der Waals surface area (Å²) >= 11 is 0. The Hall–Kier alpha value is -2.28. The smallest absolute Gasteiger partial charge is 0.376 e. The highest BCUT2D eigenvalue weighted by atomic mass is 19.4. The monoisotopic (exact) mass is 296 g/mol. The first-order chi connectivity index (χ1) is 9.84. The number of carbonyl (C=O) groups excluding carboxylic acids is 1. The minimum Gasteiger partial charge on any atom is -0.376 e. The molecule has 0 amide bonds. The van der Waals surface area contributed by atoms with Crippen molar-refractivity contribution < 1.29 is 23.1 Å². The van der Waals surface area contributed by atoms with E-state index < -0.39 is 29.5 Å². The van der Waals surface area contributed by atoms with Crippen LogP contribution in [-0.2, 0) is 5.60 Å². The highest BCUT2D eigenvalue weighted by Gasteiger charge is 2.56. The molecule has 1 heterocycles. The van der Waals surface area contributed by atoms with Gasteiger partial charge in [-0.15, -0.1) is 0 Å². The van der Waals surface area contributed by atoms with Gasteiger partial charge < -0.3 is 5.11 Å². The largest absolute Gasteiger partial charge is 0.421 e.